The number of nitrogens with two attached hydrogens (primary N) is 1. The van der Waals surface area contributed by atoms with Crippen molar-refractivity contribution in [2.24, 2.45) is 5.16 Å². The van der Waals surface area contributed by atoms with Gasteiger partial charge in [-0.2, -0.15) is 0 Å². The zero-order valence-electron chi connectivity index (χ0n) is 16.0. The third-order valence-corrected chi connectivity index (χ3v) is 6.50. The number of carbonyl (C=O) groups is 3. The van der Waals surface area contributed by atoms with Crippen molar-refractivity contribution in [3.63, 3.8) is 0 Å². The zero-order valence-corrected chi connectivity index (χ0v) is 17.6. The number of oxime groups is 1. The van der Waals surface area contributed by atoms with E-state index in [4.69, 9.17) is 10.6 Å². The summed E-state index contributed by atoms with van der Waals surface area (Å²) in [5, 5.41) is 17.9. The van der Waals surface area contributed by atoms with Gasteiger partial charge in [0.05, 0.1) is 16.6 Å². The highest BCUT2D eigenvalue weighted by molar-refractivity contribution is 8.08. The van der Waals surface area contributed by atoms with Crippen LogP contribution in [0.1, 0.15) is 11.4 Å². The molecule has 13 heteroatoms. The van der Waals surface area contributed by atoms with E-state index in [0.717, 1.165) is 11.3 Å². The predicted octanol–water partition coefficient (Wildman–Crippen LogP) is 0.367. The molecular formula is C18H16N6O5S2. The lowest BCUT2D eigenvalue weighted by molar-refractivity contribution is -0.152. The van der Waals surface area contributed by atoms with Crippen molar-refractivity contribution in [3.8, 4) is 0 Å². The van der Waals surface area contributed by atoms with Crippen LogP contribution in [0.2, 0.25) is 0 Å². The summed E-state index contributed by atoms with van der Waals surface area (Å²) in [6.07, 6.45) is 1.55. The molecule has 0 aliphatic carbocycles. The molecular weight excluding hydrogens is 444 g/mol. The number of nitrogens with zero attached hydrogens (tertiary/aromatic N) is 4. The largest absolute Gasteiger partial charge is 0.477 e. The first-order chi connectivity index (χ1) is 14.9. The maximum atomic E-state index is 12.8. The molecule has 2 aromatic rings. The van der Waals surface area contributed by atoms with Crippen LogP contribution in [0.5, 0.6) is 0 Å². The van der Waals surface area contributed by atoms with Crippen LogP contribution in [0.15, 0.2) is 40.6 Å². The van der Waals surface area contributed by atoms with Gasteiger partial charge in [-0.05, 0) is 12.1 Å². The minimum atomic E-state index is -1.24. The molecule has 11 nitrogen and oxygen atoms in total. The molecule has 2 unspecified atom stereocenters. The number of carbonyl (C=O) groups excluding carboxylic acids is 2. The van der Waals surface area contributed by atoms with Crippen LogP contribution in [-0.4, -0.2) is 68.4 Å². The molecule has 2 aromatic heterocycles. The van der Waals surface area contributed by atoms with Crippen LogP contribution in [0, 0.1) is 0 Å². The number of hydrogen-bond acceptors (Lipinski definition) is 10. The number of amides is 2. The average molecular weight is 460 g/mol. The van der Waals surface area contributed by atoms with Gasteiger partial charge in [0.25, 0.3) is 11.8 Å². The molecule has 1 fully saturated rings. The summed E-state index contributed by atoms with van der Waals surface area (Å²) < 4.78 is 0. The molecule has 0 aromatic carbocycles. The number of fused-ring (bicyclic) bond motifs is 1. The summed E-state index contributed by atoms with van der Waals surface area (Å²) in [6, 6.07) is 3.71. The van der Waals surface area contributed by atoms with Gasteiger partial charge in [-0.1, -0.05) is 11.2 Å². The Hall–Kier alpha value is -3.45. The topological polar surface area (TPSA) is 160 Å². The number of rotatable bonds is 6. The molecule has 1 saturated heterocycles. The number of thiazole rings is 1. The van der Waals surface area contributed by atoms with Gasteiger partial charge >= 0.3 is 5.97 Å². The number of carboxylic acids is 1. The van der Waals surface area contributed by atoms with E-state index in [1.165, 1.54) is 23.8 Å². The second-order valence-corrected chi connectivity index (χ2v) is 8.35. The minimum absolute atomic E-state index is 0.131. The fourth-order valence-corrected chi connectivity index (χ4v) is 5.11. The van der Waals surface area contributed by atoms with Crippen LogP contribution < -0.4 is 11.1 Å². The lowest BCUT2D eigenvalue weighted by Gasteiger charge is -2.49. The summed E-state index contributed by atoms with van der Waals surface area (Å²) in [4.78, 5) is 52.1. The SMILES string of the molecule is CON=C(C(=O)NC1C(=O)N2C(C(=O)O)=C(c3ccccn3)SCC12)c1csc(N)n1. The fraction of sp³-hybridized carbons (Fsp3) is 0.222. The van der Waals surface area contributed by atoms with Gasteiger partial charge in [-0.25, -0.2) is 9.78 Å². The number of carboxylic acid groups (broad SMARTS) is 1. The maximum absolute atomic E-state index is 12.8. The van der Waals surface area contributed by atoms with Gasteiger partial charge in [-0.3, -0.25) is 19.5 Å². The second-order valence-electron chi connectivity index (χ2n) is 6.43. The molecule has 160 valence electrons. The third kappa shape index (κ3) is 3.72. The normalized spacial score (nSPS) is 20.7. The third-order valence-electron chi connectivity index (χ3n) is 4.62. The molecule has 2 atom stereocenters. The maximum Gasteiger partial charge on any atom is 0.353 e. The summed E-state index contributed by atoms with van der Waals surface area (Å²) in [7, 11) is 1.28. The molecule has 0 saturated carbocycles. The van der Waals surface area contributed by atoms with E-state index in [2.05, 4.69) is 20.4 Å². The number of aromatic nitrogens is 2. The van der Waals surface area contributed by atoms with Crippen molar-refractivity contribution in [2.45, 2.75) is 12.1 Å². The first-order valence-corrected chi connectivity index (χ1v) is 10.8. The lowest BCUT2D eigenvalue weighted by Crippen LogP contribution is -2.72. The Kier molecular flexibility index (Phi) is 5.61. The van der Waals surface area contributed by atoms with E-state index in [1.54, 1.807) is 29.8 Å². The number of hydrogen-bond donors (Lipinski definition) is 3. The number of nitrogens with one attached hydrogen (secondary N) is 1. The number of anilines is 1. The quantitative estimate of drug-likeness (QED) is 0.314. The van der Waals surface area contributed by atoms with Crippen LogP contribution in [0.4, 0.5) is 5.13 Å². The Bertz CT molecular complexity index is 1120. The molecule has 2 aliphatic rings. The van der Waals surface area contributed by atoms with E-state index < -0.39 is 29.9 Å². The van der Waals surface area contributed by atoms with Crippen molar-refractivity contribution in [2.75, 3.05) is 18.6 Å². The zero-order chi connectivity index (χ0) is 22.1. The molecule has 4 rings (SSSR count). The van der Waals surface area contributed by atoms with Crippen LogP contribution in [-0.2, 0) is 19.2 Å². The van der Waals surface area contributed by atoms with Gasteiger partial charge in [0.15, 0.2) is 10.8 Å². The van der Waals surface area contributed by atoms with Crippen molar-refractivity contribution in [1.82, 2.24) is 20.2 Å². The van der Waals surface area contributed by atoms with Gasteiger partial charge in [0.1, 0.15) is 24.5 Å². The minimum Gasteiger partial charge on any atom is -0.477 e. The Labute approximate surface area is 184 Å². The Morgan fingerprint density at radius 2 is 2.23 bits per heavy atom. The van der Waals surface area contributed by atoms with Crippen molar-refractivity contribution in [1.29, 1.82) is 0 Å². The van der Waals surface area contributed by atoms with Gasteiger partial charge in [0, 0.05) is 17.3 Å². The predicted molar refractivity (Wildman–Crippen MR) is 114 cm³/mol. The molecule has 0 spiro atoms. The van der Waals surface area contributed by atoms with E-state index in [9.17, 15) is 19.5 Å². The number of pyridine rings is 1. The highest BCUT2D eigenvalue weighted by atomic mass is 32.2. The van der Waals surface area contributed by atoms with E-state index in [0.29, 0.717) is 16.4 Å². The van der Waals surface area contributed by atoms with E-state index in [1.807, 2.05) is 0 Å². The summed E-state index contributed by atoms with van der Waals surface area (Å²) in [6.45, 7) is 0. The summed E-state index contributed by atoms with van der Waals surface area (Å²) in [5.74, 6) is -2.05. The highest BCUT2D eigenvalue weighted by Crippen LogP contribution is 2.43. The van der Waals surface area contributed by atoms with Crippen molar-refractivity contribution in [3.05, 3.63) is 46.9 Å². The molecule has 0 bridgehead atoms. The van der Waals surface area contributed by atoms with Gasteiger partial charge in [-0.15, -0.1) is 23.1 Å². The Morgan fingerprint density at radius 1 is 1.42 bits per heavy atom. The highest BCUT2D eigenvalue weighted by Gasteiger charge is 2.54. The van der Waals surface area contributed by atoms with Crippen LogP contribution in [0.3, 0.4) is 0 Å². The monoisotopic (exact) mass is 460 g/mol. The number of thioether (sulfide) groups is 1. The first kappa shape index (κ1) is 20.8. The van der Waals surface area contributed by atoms with Crippen LogP contribution >= 0.6 is 23.1 Å². The second kappa shape index (κ2) is 8.35. The lowest BCUT2D eigenvalue weighted by atomic mass is 9.94. The molecule has 2 amide bonds. The van der Waals surface area contributed by atoms with Crippen molar-refractivity contribution < 1.29 is 24.3 Å². The standard InChI is InChI=1S/C18H16N6O5S2/c1-29-23-11(9-6-31-18(19)21-9)15(25)22-12-10-7-30-14(8-4-2-3-5-20-8)13(17(27)28)24(10)16(12)26/h2-6,10,12H,7H2,1H3,(H2,19,21)(H,22,25)(H,27,28). The Balaban J connectivity index is 1.57. The number of nitrogen functional groups attached to an aromatic ring is 1. The number of aliphatic carboxylic acids is 1. The fourth-order valence-electron chi connectivity index (χ4n) is 3.29. The van der Waals surface area contributed by atoms with Gasteiger partial charge < -0.3 is 21.0 Å². The number of β-lactam (4-membered cyclic amide) rings is 1. The first-order valence-electron chi connectivity index (χ1n) is 8.90. The Morgan fingerprint density at radius 3 is 2.84 bits per heavy atom. The average Bonchev–Trinajstić information content (AvgIpc) is 3.20. The summed E-state index contributed by atoms with van der Waals surface area (Å²) >= 11 is 2.41. The molecule has 31 heavy (non-hydrogen) atoms. The molecule has 4 N–H and O–H groups in total. The van der Waals surface area contributed by atoms with Crippen LogP contribution in [0.25, 0.3) is 4.91 Å². The van der Waals surface area contributed by atoms with Crippen molar-refractivity contribution >= 4 is 56.6 Å². The molecule has 2 aliphatic heterocycles. The van der Waals surface area contributed by atoms with E-state index >= 15 is 0 Å². The summed E-state index contributed by atoms with van der Waals surface area (Å²) in [5.41, 5.74) is 6.03. The smallest absolute Gasteiger partial charge is 0.353 e. The van der Waals surface area contributed by atoms with Gasteiger partial charge in [0.2, 0.25) is 0 Å². The molecule has 4 heterocycles. The van der Waals surface area contributed by atoms with E-state index in [-0.39, 0.29) is 22.2 Å². The molecule has 0 radical (unpaired) electrons.